The normalized spacial score (nSPS) is 11.8. The maximum Gasteiger partial charge on any atom is 0.416 e. The number of carbonyl (C=O) groups is 1. The Balaban J connectivity index is 1.60. The second-order valence-electron chi connectivity index (χ2n) is 9.17. The van der Waals surface area contributed by atoms with E-state index in [4.69, 9.17) is 15.2 Å². The van der Waals surface area contributed by atoms with Crippen LogP contribution in [0.5, 0.6) is 11.5 Å². The number of methoxy groups -OCH3 is 2. The summed E-state index contributed by atoms with van der Waals surface area (Å²) in [5.41, 5.74) is 4.85. The van der Waals surface area contributed by atoms with E-state index in [1.54, 1.807) is 29.6 Å². The summed E-state index contributed by atoms with van der Waals surface area (Å²) >= 11 is 1.14. The lowest BCUT2D eigenvalue weighted by molar-refractivity contribution is -0.137. The fraction of sp³-hybridized carbons (Fsp3) is 0.138. The molecule has 1 amide bonds. The zero-order valence-corrected chi connectivity index (χ0v) is 24.3. The van der Waals surface area contributed by atoms with Crippen molar-refractivity contribution in [2.75, 3.05) is 18.5 Å². The molecule has 2 N–H and O–H groups in total. The van der Waals surface area contributed by atoms with E-state index in [-0.39, 0.29) is 33.4 Å². The first-order valence-corrected chi connectivity index (χ1v) is 14.8. The number of rotatable bonds is 9. The predicted octanol–water partition coefficient (Wildman–Crippen LogP) is 5.89. The highest BCUT2D eigenvalue weighted by molar-refractivity contribution is 7.93. The third-order valence-electron chi connectivity index (χ3n) is 6.63. The van der Waals surface area contributed by atoms with E-state index in [2.05, 4.69) is 9.97 Å². The van der Waals surface area contributed by atoms with Crippen LogP contribution in [-0.2, 0) is 22.7 Å². The van der Waals surface area contributed by atoms with Gasteiger partial charge in [-0.2, -0.15) is 13.2 Å². The third-order valence-corrected chi connectivity index (χ3v) is 9.27. The number of hydrogen-bond donors (Lipinski definition) is 1. The topological polar surface area (TPSA) is 125 Å². The lowest BCUT2D eigenvalue weighted by Gasteiger charge is -2.23. The van der Waals surface area contributed by atoms with Gasteiger partial charge >= 0.3 is 6.18 Å². The zero-order valence-electron chi connectivity index (χ0n) is 22.6. The van der Waals surface area contributed by atoms with Gasteiger partial charge in [-0.3, -0.25) is 9.78 Å². The van der Waals surface area contributed by atoms with E-state index < -0.39 is 27.7 Å². The maximum absolute atomic E-state index is 14.1. The number of alkyl halides is 3. The van der Waals surface area contributed by atoms with E-state index >= 15 is 0 Å². The van der Waals surface area contributed by atoms with Gasteiger partial charge in [0.25, 0.3) is 10.0 Å². The molecule has 0 saturated carbocycles. The van der Waals surface area contributed by atoms with Crippen molar-refractivity contribution in [3.05, 3.63) is 95.1 Å². The summed E-state index contributed by atoms with van der Waals surface area (Å²) in [5.74, 6) is -0.102. The molecule has 0 saturated heterocycles. The predicted molar refractivity (Wildman–Crippen MR) is 156 cm³/mol. The molecular weight excluding hydrogens is 605 g/mol. The summed E-state index contributed by atoms with van der Waals surface area (Å²) in [5, 5.41) is 2.70. The molecule has 0 bridgehead atoms. The number of pyridine rings is 1. The lowest BCUT2D eigenvalue weighted by atomic mass is 9.97. The van der Waals surface area contributed by atoms with Crippen molar-refractivity contribution in [3.63, 3.8) is 0 Å². The number of primary amides is 1. The van der Waals surface area contributed by atoms with Crippen molar-refractivity contribution < 1.29 is 35.9 Å². The Morgan fingerprint density at radius 3 is 2.42 bits per heavy atom. The highest BCUT2D eigenvalue weighted by atomic mass is 32.2. The van der Waals surface area contributed by atoms with Crippen molar-refractivity contribution in [3.8, 4) is 22.8 Å². The van der Waals surface area contributed by atoms with Crippen molar-refractivity contribution in [1.82, 2.24) is 9.97 Å². The Morgan fingerprint density at radius 2 is 1.77 bits per heavy atom. The van der Waals surface area contributed by atoms with Gasteiger partial charge in [0.15, 0.2) is 5.13 Å². The molecule has 0 fully saturated rings. The van der Waals surface area contributed by atoms with E-state index in [9.17, 15) is 26.4 Å². The van der Waals surface area contributed by atoms with Gasteiger partial charge in [-0.15, -0.1) is 11.3 Å². The summed E-state index contributed by atoms with van der Waals surface area (Å²) in [7, 11) is -1.22. The molecule has 5 rings (SSSR count). The van der Waals surface area contributed by atoms with Crippen LogP contribution in [0.3, 0.4) is 0 Å². The number of nitrogens with two attached hydrogens (primary N) is 1. The van der Waals surface area contributed by atoms with Crippen LogP contribution in [0, 0.1) is 0 Å². The van der Waals surface area contributed by atoms with Gasteiger partial charge in [0.2, 0.25) is 5.91 Å². The molecule has 0 aliphatic carbocycles. The number of sulfonamides is 1. The number of nitrogens with zero attached hydrogens (tertiary/aromatic N) is 3. The van der Waals surface area contributed by atoms with Gasteiger partial charge in [-0.25, -0.2) is 17.7 Å². The van der Waals surface area contributed by atoms with Crippen LogP contribution in [0.15, 0.2) is 83.3 Å². The number of benzene rings is 3. The number of anilines is 1. The van der Waals surface area contributed by atoms with Gasteiger partial charge in [-0.1, -0.05) is 12.1 Å². The Morgan fingerprint density at radius 1 is 0.977 bits per heavy atom. The summed E-state index contributed by atoms with van der Waals surface area (Å²) in [4.78, 5) is 20.6. The number of ether oxygens (including phenoxy) is 2. The van der Waals surface area contributed by atoms with E-state index in [1.165, 1.54) is 44.8 Å². The average molecular weight is 629 g/mol. The first kappa shape index (κ1) is 29.8. The van der Waals surface area contributed by atoms with Crippen LogP contribution >= 0.6 is 11.3 Å². The van der Waals surface area contributed by atoms with Gasteiger partial charge in [-0.05, 0) is 47.9 Å². The Kier molecular flexibility index (Phi) is 7.99. The Labute approximate surface area is 248 Å². The molecule has 3 aromatic carbocycles. The lowest BCUT2D eigenvalue weighted by Crippen LogP contribution is -2.30. The smallest absolute Gasteiger partial charge is 0.416 e. The van der Waals surface area contributed by atoms with Gasteiger partial charge in [0.1, 0.15) is 11.5 Å². The quantitative estimate of drug-likeness (QED) is 0.216. The van der Waals surface area contributed by atoms with Crippen LogP contribution in [0.25, 0.3) is 22.0 Å². The Hall–Kier alpha value is -4.69. The van der Waals surface area contributed by atoms with Crippen molar-refractivity contribution in [1.29, 1.82) is 0 Å². The monoisotopic (exact) mass is 628 g/mol. The van der Waals surface area contributed by atoms with Gasteiger partial charge < -0.3 is 15.2 Å². The number of carbonyl (C=O) groups excluding carboxylic acids is 1. The number of amides is 1. The fourth-order valence-electron chi connectivity index (χ4n) is 4.52. The molecule has 0 aliphatic heterocycles. The molecule has 0 unspecified atom stereocenters. The third kappa shape index (κ3) is 5.83. The molecular formula is C29H23F3N4O5S2. The number of fused-ring (bicyclic) bond motifs is 1. The molecule has 222 valence electrons. The van der Waals surface area contributed by atoms with E-state index in [1.807, 2.05) is 0 Å². The molecule has 14 heteroatoms. The first-order chi connectivity index (χ1) is 20.4. The molecule has 2 aromatic heterocycles. The summed E-state index contributed by atoms with van der Waals surface area (Å²) in [6.07, 6.45) is -1.82. The molecule has 0 atom stereocenters. The van der Waals surface area contributed by atoms with Crippen LogP contribution in [0.4, 0.5) is 18.3 Å². The fourth-order valence-corrected chi connectivity index (χ4v) is 6.82. The molecule has 0 spiro atoms. The summed E-state index contributed by atoms with van der Waals surface area (Å²) < 4.78 is 80.0. The molecule has 0 aliphatic rings. The van der Waals surface area contributed by atoms with Crippen molar-refractivity contribution >= 4 is 43.2 Å². The van der Waals surface area contributed by atoms with Crippen molar-refractivity contribution in [2.45, 2.75) is 17.6 Å². The number of halogens is 3. The second-order valence-corrected chi connectivity index (χ2v) is 11.9. The van der Waals surface area contributed by atoms with Crippen LogP contribution in [0.2, 0.25) is 0 Å². The minimum atomic E-state index is -4.68. The molecule has 2 heterocycles. The van der Waals surface area contributed by atoms with Crippen LogP contribution in [-0.4, -0.2) is 38.5 Å². The number of aromatic nitrogens is 2. The number of hydrogen-bond acceptors (Lipinski definition) is 8. The highest BCUT2D eigenvalue weighted by Gasteiger charge is 2.32. The van der Waals surface area contributed by atoms with Gasteiger partial charge in [0.05, 0.1) is 36.9 Å². The molecule has 43 heavy (non-hydrogen) atoms. The first-order valence-electron chi connectivity index (χ1n) is 12.5. The summed E-state index contributed by atoms with van der Waals surface area (Å²) in [6, 6.07) is 13.5. The molecule has 9 nitrogen and oxygen atoms in total. The largest absolute Gasteiger partial charge is 0.497 e. The van der Waals surface area contributed by atoms with E-state index in [0.717, 1.165) is 27.8 Å². The van der Waals surface area contributed by atoms with Gasteiger partial charge in [0, 0.05) is 45.9 Å². The van der Waals surface area contributed by atoms with Crippen LogP contribution < -0.4 is 19.5 Å². The average Bonchev–Trinajstić information content (AvgIpc) is 3.53. The molecule has 5 aromatic rings. The highest BCUT2D eigenvalue weighted by Crippen LogP contribution is 2.37. The second kappa shape index (κ2) is 11.5. The number of thiazole rings is 1. The van der Waals surface area contributed by atoms with Crippen molar-refractivity contribution in [2.24, 2.45) is 5.73 Å². The minimum Gasteiger partial charge on any atom is -0.497 e. The summed E-state index contributed by atoms with van der Waals surface area (Å²) in [6.45, 7) is -0.101. The SMILES string of the molecule is COc1ccc(CN(c2nccs2)S(=O)(=O)c2ccc3c(-c4ccc(C(F)(F)F)cc4C(N)=O)nccc3c2)c(OC)c1. The van der Waals surface area contributed by atoms with E-state index in [0.29, 0.717) is 33.9 Å². The maximum atomic E-state index is 14.1. The zero-order chi connectivity index (χ0) is 30.9. The molecule has 0 radical (unpaired) electrons. The van der Waals surface area contributed by atoms with Crippen LogP contribution in [0.1, 0.15) is 21.5 Å². The standard InChI is InChI=1S/C29H23F3N4O5S2/c1-40-20-5-3-18(25(15-20)41-2)16-36(28-35-11-12-42-28)43(38,39)21-6-8-22-17(13-21)9-10-34-26(22)23-7-4-19(29(30,31)32)14-24(23)27(33)37/h3-15H,16H2,1-2H3,(H2,33,37). The Bertz CT molecular complexity index is 1930. The minimum absolute atomic E-state index is 0.0672.